The molecule has 8 heteroatoms. The number of nitrogens with one attached hydrogen (secondary N) is 1. The molecule has 0 saturated carbocycles. The van der Waals surface area contributed by atoms with Crippen molar-refractivity contribution < 1.29 is 14.2 Å². The van der Waals surface area contributed by atoms with E-state index in [0.29, 0.717) is 25.7 Å². The van der Waals surface area contributed by atoms with Gasteiger partial charge >= 0.3 is 0 Å². The minimum atomic E-state index is 0. The summed E-state index contributed by atoms with van der Waals surface area (Å²) in [6.45, 7) is 6.44. The Hall–Kier alpha value is -1.26. The molecule has 0 radical (unpaired) electrons. The van der Waals surface area contributed by atoms with E-state index in [1.807, 2.05) is 18.2 Å². The first-order valence-corrected chi connectivity index (χ1v) is 8.08. The van der Waals surface area contributed by atoms with E-state index >= 15 is 0 Å². The molecule has 2 heterocycles. The average molecular weight is 448 g/mol. The summed E-state index contributed by atoms with van der Waals surface area (Å²) in [6.07, 6.45) is 0.891. The van der Waals surface area contributed by atoms with Crippen LogP contribution in [-0.4, -0.2) is 63.5 Å². The predicted octanol–water partition coefficient (Wildman–Crippen LogP) is 1.52. The van der Waals surface area contributed by atoms with Gasteiger partial charge in [-0.15, -0.1) is 24.0 Å². The minimum Gasteiger partial charge on any atom is -0.490 e. The number of aliphatic imine (C=N–C) groups is 1. The highest BCUT2D eigenvalue weighted by Gasteiger charge is 2.11. The molecule has 2 aliphatic rings. The van der Waals surface area contributed by atoms with Crippen LogP contribution < -0.4 is 20.5 Å². The molecule has 0 unspecified atom stereocenters. The van der Waals surface area contributed by atoms with Gasteiger partial charge in [0, 0.05) is 37.8 Å². The summed E-state index contributed by atoms with van der Waals surface area (Å²) in [4.78, 5) is 6.70. The summed E-state index contributed by atoms with van der Waals surface area (Å²) in [7, 11) is 0. The van der Waals surface area contributed by atoms with Crippen LogP contribution in [0, 0.1) is 0 Å². The number of nitrogens with two attached hydrogens (primary N) is 1. The number of anilines is 1. The van der Waals surface area contributed by atoms with Crippen LogP contribution >= 0.6 is 24.0 Å². The molecule has 1 aromatic rings. The van der Waals surface area contributed by atoms with E-state index in [1.165, 1.54) is 0 Å². The van der Waals surface area contributed by atoms with Gasteiger partial charge in [0.1, 0.15) is 0 Å². The van der Waals surface area contributed by atoms with Crippen LogP contribution in [0.2, 0.25) is 0 Å². The molecule has 0 aliphatic carbocycles. The normalized spacial score (nSPS) is 18.4. The van der Waals surface area contributed by atoms with Gasteiger partial charge < -0.3 is 25.3 Å². The van der Waals surface area contributed by atoms with E-state index in [2.05, 4.69) is 15.2 Å². The van der Waals surface area contributed by atoms with Gasteiger partial charge in [0.25, 0.3) is 0 Å². The van der Waals surface area contributed by atoms with Crippen LogP contribution in [0.15, 0.2) is 23.2 Å². The lowest BCUT2D eigenvalue weighted by Gasteiger charge is -2.25. The van der Waals surface area contributed by atoms with Gasteiger partial charge in [-0.3, -0.25) is 9.89 Å². The van der Waals surface area contributed by atoms with Crippen molar-refractivity contribution in [2.24, 2.45) is 10.7 Å². The smallest absolute Gasteiger partial charge is 0.193 e. The molecule has 0 spiro atoms. The van der Waals surface area contributed by atoms with Crippen LogP contribution in [0.25, 0.3) is 0 Å². The number of guanidine groups is 1. The molecule has 0 aromatic heterocycles. The molecule has 1 aromatic carbocycles. The van der Waals surface area contributed by atoms with Crippen LogP contribution in [0.5, 0.6) is 11.5 Å². The first-order chi connectivity index (χ1) is 11.3. The molecular formula is C16H25IN4O3. The summed E-state index contributed by atoms with van der Waals surface area (Å²) in [6, 6.07) is 5.70. The van der Waals surface area contributed by atoms with E-state index in [0.717, 1.165) is 56.5 Å². The summed E-state index contributed by atoms with van der Waals surface area (Å²) in [5.74, 6) is 1.93. The number of hydrogen-bond acceptors (Lipinski definition) is 5. The largest absolute Gasteiger partial charge is 0.490 e. The molecule has 3 N–H and O–H groups in total. The third-order valence-corrected chi connectivity index (χ3v) is 3.82. The third kappa shape index (κ3) is 5.67. The number of fused-ring (bicyclic) bond motifs is 1. The Morgan fingerprint density at radius 3 is 2.67 bits per heavy atom. The number of nitrogens with zero attached hydrogens (tertiary/aromatic N) is 2. The second-order valence-corrected chi connectivity index (χ2v) is 5.56. The van der Waals surface area contributed by atoms with Gasteiger partial charge in [-0.2, -0.15) is 0 Å². The molecule has 1 fully saturated rings. The lowest BCUT2D eigenvalue weighted by molar-refractivity contribution is 0.0394. The van der Waals surface area contributed by atoms with E-state index in [4.69, 9.17) is 19.9 Å². The molecule has 0 atom stereocenters. The number of ether oxygens (including phenoxy) is 3. The van der Waals surface area contributed by atoms with Gasteiger partial charge in [0.05, 0.1) is 33.0 Å². The summed E-state index contributed by atoms with van der Waals surface area (Å²) >= 11 is 0. The van der Waals surface area contributed by atoms with Gasteiger partial charge in [0.15, 0.2) is 17.5 Å². The standard InChI is InChI=1S/C16H24N4O3.HI/c17-16(18-4-5-20-6-10-21-11-7-20)19-13-2-3-14-15(12-13)23-9-1-8-22-14;/h2-3,12H,1,4-11H2,(H3,17,18,19);1H. The molecule has 3 rings (SSSR count). The summed E-state index contributed by atoms with van der Waals surface area (Å²) in [5, 5.41) is 3.10. The highest BCUT2D eigenvalue weighted by Crippen LogP contribution is 2.32. The minimum absolute atomic E-state index is 0. The maximum atomic E-state index is 5.95. The van der Waals surface area contributed by atoms with Crippen molar-refractivity contribution in [1.29, 1.82) is 0 Å². The Kier molecular flexibility index (Phi) is 7.86. The predicted molar refractivity (Wildman–Crippen MR) is 105 cm³/mol. The number of morpholine rings is 1. The first kappa shape index (κ1) is 19.1. The van der Waals surface area contributed by atoms with E-state index in [9.17, 15) is 0 Å². The van der Waals surface area contributed by atoms with Crippen molar-refractivity contribution in [1.82, 2.24) is 4.90 Å². The Labute approximate surface area is 159 Å². The molecule has 1 saturated heterocycles. The van der Waals surface area contributed by atoms with Crippen LogP contribution in [0.1, 0.15) is 6.42 Å². The van der Waals surface area contributed by atoms with Gasteiger partial charge in [-0.05, 0) is 12.1 Å². The molecule has 0 bridgehead atoms. The zero-order chi connectivity index (χ0) is 15.9. The van der Waals surface area contributed by atoms with Crippen molar-refractivity contribution >= 4 is 35.6 Å². The Morgan fingerprint density at radius 2 is 1.88 bits per heavy atom. The molecular weight excluding hydrogens is 423 g/mol. The van der Waals surface area contributed by atoms with Crippen LogP contribution in [0.4, 0.5) is 5.69 Å². The second kappa shape index (κ2) is 9.90. The number of rotatable bonds is 4. The maximum Gasteiger partial charge on any atom is 0.193 e. The zero-order valence-corrected chi connectivity index (χ0v) is 16.0. The Morgan fingerprint density at radius 1 is 1.12 bits per heavy atom. The van der Waals surface area contributed by atoms with E-state index in [-0.39, 0.29) is 24.0 Å². The fourth-order valence-electron chi connectivity index (χ4n) is 2.57. The van der Waals surface area contributed by atoms with Crippen molar-refractivity contribution in [2.45, 2.75) is 6.42 Å². The van der Waals surface area contributed by atoms with Crippen molar-refractivity contribution in [2.75, 3.05) is 57.9 Å². The fraction of sp³-hybridized carbons (Fsp3) is 0.562. The van der Waals surface area contributed by atoms with Gasteiger partial charge in [0.2, 0.25) is 0 Å². The van der Waals surface area contributed by atoms with E-state index < -0.39 is 0 Å². The highest BCUT2D eigenvalue weighted by atomic mass is 127. The number of halogens is 1. The molecule has 134 valence electrons. The maximum absolute atomic E-state index is 5.95. The molecule has 7 nitrogen and oxygen atoms in total. The fourth-order valence-corrected chi connectivity index (χ4v) is 2.57. The van der Waals surface area contributed by atoms with Gasteiger partial charge in [-0.25, -0.2) is 0 Å². The summed E-state index contributed by atoms with van der Waals surface area (Å²) < 4.78 is 16.6. The molecule has 0 amide bonds. The van der Waals surface area contributed by atoms with E-state index in [1.54, 1.807) is 0 Å². The monoisotopic (exact) mass is 448 g/mol. The average Bonchev–Trinajstić information content (AvgIpc) is 2.81. The Bertz CT molecular complexity index is 550. The second-order valence-electron chi connectivity index (χ2n) is 5.56. The van der Waals surface area contributed by atoms with Crippen molar-refractivity contribution in [3.05, 3.63) is 18.2 Å². The molecule has 24 heavy (non-hydrogen) atoms. The first-order valence-electron chi connectivity index (χ1n) is 8.08. The highest BCUT2D eigenvalue weighted by molar-refractivity contribution is 14.0. The van der Waals surface area contributed by atoms with Crippen molar-refractivity contribution in [3.63, 3.8) is 0 Å². The Balaban J connectivity index is 0.00000208. The van der Waals surface area contributed by atoms with Crippen molar-refractivity contribution in [3.8, 4) is 11.5 Å². The third-order valence-electron chi connectivity index (χ3n) is 3.82. The summed E-state index contributed by atoms with van der Waals surface area (Å²) in [5.41, 5.74) is 6.80. The topological polar surface area (TPSA) is 81.3 Å². The molecule has 2 aliphatic heterocycles. The number of benzene rings is 1. The van der Waals surface area contributed by atoms with Gasteiger partial charge in [-0.1, -0.05) is 0 Å². The number of hydrogen-bond donors (Lipinski definition) is 2. The lowest BCUT2D eigenvalue weighted by Crippen LogP contribution is -2.38. The SMILES string of the molecule is I.NC(=NCCN1CCOCC1)Nc1ccc2c(c1)OCCCO2. The lowest BCUT2D eigenvalue weighted by atomic mass is 10.3. The zero-order valence-electron chi connectivity index (χ0n) is 13.7. The van der Waals surface area contributed by atoms with Crippen LogP contribution in [0.3, 0.4) is 0 Å². The van der Waals surface area contributed by atoms with Crippen LogP contribution in [-0.2, 0) is 4.74 Å². The quantitative estimate of drug-likeness (QED) is 0.413.